The van der Waals surface area contributed by atoms with Gasteiger partial charge in [-0.2, -0.15) is 0 Å². The van der Waals surface area contributed by atoms with Crippen molar-refractivity contribution in [1.29, 1.82) is 0 Å². The second kappa shape index (κ2) is 5.51. The lowest BCUT2D eigenvalue weighted by atomic mass is 10.1. The molecule has 0 bridgehead atoms. The summed E-state index contributed by atoms with van der Waals surface area (Å²) >= 11 is 0. The average Bonchev–Trinajstić information content (AvgIpc) is 3.27. The largest absolute Gasteiger partial charge is 0.332 e. The first-order valence-electron chi connectivity index (χ1n) is 7.26. The normalized spacial score (nSPS) is 17.8. The molecule has 3 aromatic rings. The predicted molar refractivity (Wildman–Crippen MR) is 80.5 cm³/mol. The molecule has 0 unspecified atom stereocenters. The van der Waals surface area contributed by atoms with E-state index in [2.05, 4.69) is 24.8 Å². The molecule has 7 nitrogen and oxygen atoms in total. The van der Waals surface area contributed by atoms with Crippen LogP contribution in [0.25, 0.3) is 5.82 Å². The van der Waals surface area contributed by atoms with Gasteiger partial charge in [0.2, 0.25) is 5.95 Å². The zero-order valence-corrected chi connectivity index (χ0v) is 11.9. The van der Waals surface area contributed by atoms with E-state index in [1.165, 1.54) is 0 Å². The van der Waals surface area contributed by atoms with Gasteiger partial charge in [0.05, 0.1) is 24.1 Å². The van der Waals surface area contributed by atoms with Crippen LogP contribution in [-0.4, -0.2) is 36.0 Å². The molecule has 3 aromatic heterocycles. The zero-order chi connectivity index (χ0) is 14.8. The summed E-state index contributed by atoms with van der Waals surface area (Å²) in [4.78, 5) is 24.0. The van der Waals surface area contributed by atoms with Crippen molar-refractivity contribution in [2.75, 3.05) is 11.4 Å². The highest BCUT2D eigenvalue weighted by Gasteiger charge is 2.29. The summed E-state index contributed by atoms with van der Waals surface area (Å²) in [5.41, 5.74) is 0.941. The minimum absolute atomic E-state index is 0.165. The van der Waals surface area contributed by atoms with Crippen molar-refractivity contribution in [1.82, 2.24) is 29.5 Å². The molecule has 0 aromatic carbocycles. The Morgan fingerprint density at radius 3 is 2.77 bits per heavy atom. The first kappa shape index (κ1) is 12.9. The third kappa shape index (κ3) is 2.30. The molecular weight excluding hydrogens is 278 g/mol. The fourth-order valence-electron chi connectivity index (χ4n) is 2.80. The van der Waals surface area contributed by atoms with E-state index >= 15 is 0 Å². The van der Waals surface area contributed by atoms with E-state index in [-0.39, 0.29) is 6.04 Å². The van der Waals surface area contributed by atoms with Gasteiger partial charge in [-0.05, 0) is 18.9 Å². The maximum absolute atomic E-state index is 4.74. The van der Waals surface area contributed by atoms with Crippen LogP contribution >= 0.6 is 0 Å². The smallest absolute Gasteiger partial charge is 0.225 e. The average molecular weight is 293 g/mol. The second-order valence-electron chi connectivity index (χ2n) is 5.17. The summed E-state index contributed by atoms with van der Waals surface area (Å²) < 4.78 is 1.86. The molecule has 1 atom stereocenters. The van der Waals surface area contributed by atoms with Gasteiger partial charge in [-0.3, -0.25) is 9.55 Å². The number of hydrogen-bond donors (Lipinski definition) is 0. The molecular formula is C15H15N7. The molecule has 22 heavy (non-hydrogen) atoms. The third-order valence-electron chi connectivity index (χ3n) is 3.81. The summed E-state index contributed by atoms with van der Waals surface area (Å²) in [6, 6.07) is 1.99. The molecule has 0 N–H and O–H groups in total. The summed E-state index contributed by atoms with van der Waals surface area (Å²) in [5.74, 6) is 1.52. The van der Waals surface area contributed by atoms with E-state index < -0.39 is 0 Å². The van der Waals surface area contributed by atoms with E-state index in [4.69, 9.17) is 4.98 Å². The summed E-state index contributed by atoms with van der Waals surface area (Å²) in [6.45, 7) is 0.936. The Balaban J connectivity index is 1.68. The monoisotopic (exact) mass is 293 g/mol. The van der Waals surface area contributed by atoms with Gasteiger partial charge in [-0.25, -0.2) is 19.9 Å². The Labute approximate surface area is 127 Å². The summed E-state index contributed by atoms with van der Waals surface area (Å²) in [7, 11) is 0. The highest BCUT2D eigenvalue weighted by Crippen LogP contribution is 2.33. The number of hydrogen-bond acceptors (Lipinski definition) is 6. The Hall–Kier alpha value is -2.83. The molecule has 0 radical (unpaired) electrons. The van der Waals surface area contributed by atoms with Crippen LogP contribution in [0.1, 0.15) is 24.6 Å². The Kier molecular flexibility index (Phi) is 3.23. The van der Waals surface area contributed by atoms with Crippen molar-refractivity contribution >= 4 is 5.95 Å². The van der Waals surface area contributed by atoms with Crippen LogP contribution in [0.2, 0.25) is 0 Å². The number of imidazole rings is 1. The van der Waals surface area contributed by atoms with Crippen molar-refractivity contribution in [3.05, 3.63) is 55.3 Å². The van der Waals surface area contributed by atoms with E-state index in [0.717, 1.165) is 36.8 Å². The molecule has 0 amide bonds. The molecule has 1 aliphatic rings. The Bertz CT molecular complexity index is 742. The van der Waals surface area contributed by atoms with E-state index in [1.54, 1.807) is 31.1 Å². The molecule has 1 saturated heterocycles. The number of rotatable bonds is 3. The van der Waals surface area contributed by atoms with Gasteiger partial charge in [0, 0.05) is 31.3 Å². The van der Waals surface area contributed by atoms with Crippen molar-refractivity contribution in [2.45, 2.75) is 18.9 Å². The first-order valence-corrected chi connectivity index (χ1v) is 7.26. The van der Waals surface area contributed by atoms with Crippen LogP contribution < -0.4 is 4.90 Å². The second-order valence-corrected chi connectivity index (χ2v) is 5.17. The van der Waals surface area contributed by atoms with Crippen LogP contribution in [-0.2, 0) is 0 Å². The number of nitrogens with zero attached hydrogens (tertiary/aromatic N) is 7. The summed E-state index contributed by atoms with van der Waals surface area (Å²) in [5, 5.41) is 0. The Morgan fingerprint density at radius 1 is 1.05 bits per heavy atom. The van der Waals surface area contributed by atoms with E-state index in [9.17, 15) is 0 Å². The van der Waals surface area contributed by atoms with Gasteiger partial charge in [-0.15, -0.1) is 0 Å². The summed E-state index contributed by atoms with van der Waals surface area (Å²) in [6.07, 6.45) is 14.5. The van der Waals surface area contributed by atoms with Gasteiger partial charge in [-0.1, -0.05) is 0 Å². The highest BCUT2D eigenvalue weighted by atomic mass is 15.3. The molecule has 0 spiro atoms. The van der Waals surface area contributed by atoms with Crippen LogP contribution in [0.5, 0.6) is 0 Å². The zero-order valence-electron chi connectivity index (χ0n) is 11.9. The van der Waals surface area contributed by atoms with Crippen LogP contribution in [0, 0.1) is 0 Å². The topological polar surface area (TPSA) is 72.6 Å². The fourth-order valence-corrected chi connectivity index (χ4v) is 2.80. The quantitative estimate of drug-likeness (QED) is 0.733. The molecule has 4 heterocycles. The lowest BCUT2D eigenvalue weighted by molar-refractivity contribution is 0.671. The minimum Gasteiger partial charge on any atom is -0.332 e. The van der Waals surface area contributed by atoms with Gasteiger partial charge in [0.25, 0.3) is 0 Å². The molecule has 1 aliphatic heterocycles. The van der Waals surface area contributed by atoms with Gasteiger partial charge >= 0.3 is 0 Å². The predicted octanol–water partition coefficient (Wildman–Crippen LogP) is 1.79. The Morgan fingerprint density at radius 2 is 1.95 bits per heavy atom. The lowest BCUT2D eigenvalue weighted by Crippen LogP contribution is -2.25. The molecule has 110 valence electrons. The lowest BCUT2D eigenvalue weighted by Gasteiger charge is -2.24. The molecule has 0 aliphatic carbocycles. The van der Waals surface area contributed by atoms with Crippen LogP contribution in [0.15, 0.2) is 49.6 Å². The van der Waals surface area contributed by atoms with Crippen molar-refractivity contribution in [3.63, 3.8) is 0 Å². The van der Waals surface area contributed by atoms with Crippen molar-refractivity contribution in [2.24, 2.45) is 0 Å². The minimum atomic E-state index is 0.165. The van der Waals surface area contributed by atoms with Crippen molar-refractivity contribution < 1.29 is 0 Å². The van der Waals surface area contributed by atoms with Crippen LogP contribution in [0.3, 0.4) is 0 Å². The van der Waals surface area contributed by atoms with Gasteiger partial charge in [0.15, 0.2) is 5.82 Å². The maximum atomic E-state index is 4.74. The fraction of sp³-hybridized carbons (Fsp3) is 0.267. The molecule has 1 fully saturated rings. The van der Waals surface area contributed by atoms with Crippen molar-refractivity contribution in [3.8, 4) is 5.82 Å². The molecule has 4 rings (SSSR count). The first-order chi connectivity index (χ1) is 10.9. The maximum Gasteiger partial charge on any atom is 0.225 e. The molecule has 7 heteroatoms. The van der Waals surface area contributed by atoms with Gasteiger partial charge in [0.1, 0.15) is 6.33 Å². The van der Waals surface area contributed by atoms with E-state index in [0.29, 0.717) is 0 Å². The third-order valence-corrected chi connectivity index (χ3v) is 3.81. The highest BCUT2D eigenvalue weighted by molar-refractivity contribution is 5.36. The number of aromatic nitrogens is 6. The van der Waals surface area contributed by atoms with E-state index in [1.807, 2.05) is 23.0 Å². The van der Waals surface area contributed by atoms with Gasteiger partial charge < -0.3 is 4.90 Å². The molecule has 0 saturated carbocycles. The SMILES string of the molecule is c1cnc(N2CCC[C@@H]2c2cncc(-n3ccnc3)n2)nc1. The standard InChI is InChI=1S/C15H15N7/c1-3-13(22(7-1)15-18-4-2-5-19-15)12-9-17-10-14(20-12)21-8-6-16-11-21/h2,4-6,8-11,13H,1,3,7H2/t13-/m1/s1. The number of anilines is 1. The van der Waals surface area contributed by atoms with Crippen LogP contribution in [0.4, 0.5) is 5.95 Å².